The zero-order chi connectivity index (χ0) is 11.8. The Kier molecular flexibility index (Phi) is 2.34. The van der Waals surface area contributed by atoms with E-state index in [1.54, 1.807) is 4.52 Å². The van der Waals surface area contributed by atoms with E-state index in [4.69, 9.17) is 11.6 Å². The minimum atomic E-state index is 0.509. The summed E-state index contributed by atoms with van der Waals surface area (Å²) < 4.78 is 1.71. The molecule has 2 aromatic heterocycles. The number of rotatable bonds is 1. The molecule has 0 atom stereocenters. The van der Waals surface area contributed by atoms with E-state index in [0.717, 1.165) is 22.5 Å². The van der Waals surface area contributed by atoms with Crippen molar-refractivity contribution >= 4 is 17.2 Å². The molecule has 0 amide bonds. The van der Waals surface area contributed by atoms with E-state index in [2.05, 4.69) is 10.1 Å². The number of hydrogen-bond acceptors (Lipinski definition) is 2. The third-order valence-electron chi connectivity index (χ3n) is 2.65. The Morgan fingerprint density at radius 3 is 2.71 bits per heavy atom. The molecule has 4 heteroatoms. The third kappa shape index (κ3) is 1.78. The maximum Gasteiger partial charge on any atom is 0.154 e. The molecule has 0 saturated carbocycles. The molecule has 0 saturated heterocycles. The predicted octanol–water partition coefficient (Wildman–Crippen LogP) is 3.36. The summed E-state index contributed by atoms with van der Waals surface area (Å²) in [5.74, 6) is 0. The van der Waals surface area contributed by atoms with Gasteiger partial charge in [0.05, 0.1) is 11.9 Å². The van der Waals surface area contributed by atoms with Crippen molar-refractivity contribution in [3.05, 3.63) is 53.3 Å². The number of aromatic nitrogens is 3. The fourth-order valence-electron chi connectivity index (χ4n) is 1.74. The Morgan fingerprint density at radius 1 is 1.18 bits per heavy atom. The van der Waals surface area contributed by atoms with E-state index in [-0.39, 0.29) is 0 Å². The lowest BCUT2D eigenvalue weighted by Gasteiger charge is -1.96. The van der Waals surface area contributed by atoms with Crippen LogP contribution in [0.1, 0.15) is 5.56 Å². The number of hydrogen-bond donors (Lipinski definition) is 0. The Bertz CT molecular complexity index is 635. The third-order valence-corrected chi connectivity index (χ3v) is 3.02. The molecular formula is C13H10ClN3. The molecule has 0 spiro atoms. The highest BCUT2D eigenvalue weighted by Gasteiger charge is 2.06. The van der Waals surface area contributed by atoms with Crippen molar-refractivity contribution in [3.8, 4) is 11.3 Å². The first-order valence-electron chi connectivity index (χ1n) is 5.32. The van der Waals surface area contributed by atoms with Crippen molar-refractivity contribution < 1.29 is 0 Å². The van der Waals surface area contributed by atoms with Gasteiger partial charge in [-0.2, -0.15) is 5.10 Å². The summed E-state index contributed by atoms with van der Waals surface area (Å²) in [7, 11) is 0. The molecule has 3 aromatic rings. The average molecular weight is 244 g/mol. The van der Waals surface area contributed by atoms with Gasteiger partial charge in [0.15, 0.2) is 10.8 Å². The van der Waals surface area contributed by atoms with Gasteiger partial charge >= 0.3 is 0 Å². The average Bonchev–Trinajstić information content (AvgIpc) is 2.74. The molecule has 3 nitrogen and oxygen atoms in total. The van der Waals surface area contributed by atoms with E-state index >= 15 is 0 Å². The number of imidazole rings is 1. The first-order valence-corrected chi connectivity index (χ1v) is 5.70. The van der Waals surface area contributed by atoms with Crippen LogP contribution in [0.5, 0.6) is 0 Å². The lowest BCUT2D eigenvalue weighted by atomic mass is 10.2. The topological polar surface area (TPSA) is 30.2 Å². The van der Waals surface area contributed by atoms with Crippen LogP contribution < -0.4 is 0 Å². The molecule has 1 aromatic carbocycles. The summed E-state index contributed by atoms with van der Waals surface area (Å²) in [6, 6.07) is 11.9. The van der Waals surface area contributed by atoms with Crippen molar-refractivity contribution in [2.24, 2.45) is 0 Å². The van der Waals surface area contributed by atoms with E-state index < -0.39 is 0 Å². The molecule has 0 radical (unpaired) electrons. The smallest absolute Gasteiger partial charge is 0.154 e. The van der Waals surface area contributed by atoms with Gasteiger partial charge in [-0.15, -0.1) is 0 Å². The van der Waals surface area contributed by atoms with Crippen molar-refractivity contribution in [1.82, 2.24) is 14.6 Å². The van der Waals surface area contributed by atoms with Gasteiger partial charge < -0.3 is 0 Å². The highest BCUT2D eigenvalue weighted by Crippen LogP contribution is 2.20. The number of fused-ring (bicyclic) bond motifs is 1. The molecule has 0 fully saturated rings. The molecule has 0 unspecified atom stereocenters. The number of nitrogens with zero attached hydrogens (tertiary/aromatic N) is 3. The normalized spacial score (nSPS) is 10.9. The van der Waals surface area contributed by atoms with E-state index in [1.807, 2.05) is 49.5 Å². The van der Waals surface area contributed by atoms with Crippen LogP contribution in [0, 0.1) is 6.92 Å². The molecule has 0 N–H and O–H groups in total. The standard InChI is InChI=1S/C13H10ClN3/c1-9-7-12-15-11(8-17(12)16-13(9)14)10-5-3-2-4-6-10/h2-8H,1H3. The second kappa shape index (κ2) is 3.86. The monoisotopic (exact) mass is 243 g/mol. The van der Waals surface area contributed by atoms with E-state index in [9.17, 15) is 0 Å². The quantitative estimate of drug-likeness (QED) is 0.656. The van der Waals surface area contributed by atoms with Gasteiger partial charge in [-0.25, -0.2) is 9.50 Å². The van der Waals surface area contributed by atoms with Crippen LogP contribution in [0.3, 0.4) is 0 Å². The van der Waals surface area contributed by atoms with Crippen LogP contribution >= 0.6 is 11.6 Å². The molecule has 2 heterocycles. The second-order valence-electron chi connectivity index (χ2n) is 3.91. The predicted molar refractivity (Wildman–Crippen MR) is 68.2 cm³/mol. The van der Waals surface area contributed by atoms with Crippen LogP contribution in [0.4, 0.5) is 0 Å². The van der Waals surface area contributed by atoms with E-state index in [1.165, 1.54) is 0 Å². The molecule has 17 heavy (non-hydrogen) atoms. The van der Waals surface area contributed by atoms with Gasteiger partial charge in [0.25, 0.3) is 0 Å². The number of aryl methyl sites for hydroxylation is 1. The van der Waals surface area contributed by atoms with Crippen molar-refractivity contribution in [1.29, 1.82) is 0 Å². The van der Waals surface area contributed by atoms with Crippen LogP contribution in [-0.2, 0) is 0 Å². The minimum Gasteiger partial charge on any atom is -0.227 e. The Balaban J connectivity index is 2.21. The first-order chi connectivity index (χ1) is 8.24. The fraction of sp³-hybridized carbons (Fsp3) is 0.0769. The lowest BCUT2D eigenvalue weighted by molar-refractivity contribution is 0.927. The van der Waals surface area contributed by atoms with Crippen LogP contribution in [0.2, 0.25) is 5.15 Å². The van der Waals surface area contributed by atoms with Crippen molar-refractivity contribution in [3.63, 3.8) is 0 Å². The Morgan fingerprint density at radius 2 is 1.94 bits per heavy atom. The second-order valence-corrected chi connectivity index (χ2v) is 4.27. The summed E-state index contributed by atoms with van der Waals surface area (Å²) in [4.78, 5) is 4.53. The van der Waals surface area contributed by atoms with E-state index in [0.29, 0.717) is 5.15 Å². The summed E-state index contributed by atoms with van der Waals surface area (Å²) in [5.41, 5.74) is 3.72. The summed E-state index contributed by atoms with van der Waals surface area (Å²) in [6.45, 7) is 1.92. The maximum absolute atomic E-state index is 5.98. The SMILES string of the molecule is Cc1cc2nc(-c3ccccc3)cn2nc1Cl. The molecule has 0 aliphatic rings. The highest BCUT2D eigenvalue weighted by atomic mass is 35.5. The number of benzene rings is 1. The van der Waals surface area contributed by atoms with Gasteiger partial charge in [0.2, 0.25) is 0 Å². The van der Waals surface area contributed by atoms with Gasteiger partial charge in [-0.3, -0.25) is 0 Å². The van der Waals surface area contributed by atoms with Gasteiger partial charge in [-0.1, -0.05) is 41.9 Å². The molecule has 0 aliphatic carbocycles. The van der Waals surface area contributed by atoms with Gasteiger partial charge in [0, 0.05) is 5.56 Å². The number of halogens is 1. The highest BCUT2D eigenvalue weighted by molar-refractivity contribution is 6.30. The molecule has 0 aliphatic heterocycles. The zero-order valence-corrected chi connectivity index (χ0v) is 10.0. The largest absolute Gasteiger partial charge is 0.227 e. The summed E-state index contributed by atoms with van der Waals surface area (Å²) in [6.07, 6.45) is 1.88. The van der Waals surface area contributed by atoms with Crippen molar-refractivity contribution in [2.75, 3.05) is 0 Å². The zero-order valence-electron chi connectivity index (χ0n) is 9.26. The van der Waals surface area contributed by atoms with Gasteiger partial charge in [0.1, 0.15) is 0 Å². The molecule has 3 rings (SSSR count). The first kappa shape index (κ1) is 10.3. The maximum atomic E-state index is 5.98. The van der Waals surface area contributed by atoms with Crippen LogP contribution in [-0.4, -0.2) is 14.6 Å². The molecular weight excluding hydrogens is 234 g/mol. The lowest BCUT2D eigenvalue weighted by Crippen LogP contribution is -1.92. The van der Waals surface area contributed by atoms with Crippen molar-refractivity contribution in [2.45, 2.75) is 6.92 Å². The fourth-order valence-corrected chi connectivity index (χ4v) is 1.87. The Hall–Kier alpha value is -1.87. The Labute approximate surface area is 104 Å². The summed E-state index contributed by atoms with van der Waals surface area (Å²) >= 11 is 5.98. The van der Waals surface area contributed by atoms with Crippen LogP contribution in [0.15, 0.2) is 42.6 Å². The molecule has 0 bridgehead atoms. The van der Waals surface area contributed by atoms with Crippen LogP contribution in [0.25, 0.3) is 16.9 Å². The minimum absolute atomic E-state index is 0.509. The summed E-state index contributed by atoms with van der Waals surface area (Å²) in [5, 5.41) is 4.75. The molecule has 84 valence electrons. The van der Waals surface area contributed by atoms with Gasteiger partial charge in [-0.05, 0) is 18.6 Å².